The number of nitro benzene ring substituents is 1. The van der Waals surface area contributed by atoms with Crippen LogP contribution in [0, 0.1) is 10.1 Å². The van der Waals surface area contributed by atoms with E-state index in [1.54, 1.807) is 12.1 Å². The molecule has 6 heteroatoms. The van der Waals surface area contributed by atoms with Crippen LogP contribution in [-0.2, 0) is 0 Å². The summed E-state index contributed by atoms with van der Waals surface area (Å²) in [5.41, 5.74) is -0.0639. The lowest BCUT2D eigenvalue weighted by Gasteiger charge is -2.08. The van der Waals surface area contributed by atoms with E-state index in [-0.39, 0.29) is 11.3 Å². The van der Waals surface area contributed by atoms with Gasteiger partial charge in [-0.2, -0.15) is 0 Å². The Hall–Kier alpha value is -1.43. The van der Waals surface area contributed by atoms with Gasteiger partial charge in [-0.05, 0) is 18.9 Å². The highest BCUT2D eigenvalue weighted by molar-refractivity contribution is 9.09. The zero-order chi connectivity index (χ0) is 13.5. The maximum absolute atomic E-state index is 11.8. The predicted molar refractivity (Wildman–Crippen MR) is 73.1 cm³/mol. The van der Waals surface area contributed by atoms with Crippen LogP contribution in [0.15, 0.2) is 24.3 Å². The molecular formula is C12H15BrN2O3. The summed E-state index contributed by atoms with van der Waals surface area (Å²) in [5.74, 6) is -0.405. The highest BCUT2D eigenvalue weighted by Gasteiger charge is 2.18. The molecule has 1 unspecified atom stereocenters. The molecular weight excluding hydrogens is 300 g/mol. The molecule has 0 aliphatic carbocycles. The van der Waals surface area contributed by atoms with E-state index >= 15 is 0 Å². The predicted octanol–water partition coefficient (Wildman–Crippen LogP) is 2.89. The van der Waals surface area contributed by atoms with E-state index in [4.69, 9.17) is 0 Å². The number of nitro groups is 1. The van der Waals surface area contributed by atoms with Crippen LogP contribution in [-0.4, -0.2) is 22.2 Å². The molecule has 0 fully saturated rings. The molecule has 0 saturated carbocycles. The molecule has 1 atom stereocenters. The van der Waals surface area contributed by atoms with Crippen molar-refractivity contribution >= 4 is 27.5 Å². The van der Waals surface area contributed by atoms with E-state index in [9.17, 15) is 14.9 Å². The first-order chi connectivity index (χ1) is 8.56. The third-order valence-electron chi connectivity index (χ3n) is 2.53. The third-order valence-corrected chi connectivity index (χ3v) is 3.64. The molecule has 0 radical (unpaired) electrons. The van der Waals surface area contributed by atoms with Crippen LogP contribution >= 0.6 is 15.9 Å². The van der Waals surface area contributed by atoms with E-state index in [1.807, 2.05) is 6.92 Å². The smallest absolute Gasteiger partial charge is 0.282 e. The van der Waals surface area contributed by atoms with Crippen molar-refractivity contribution in [2.45, 2.75) is 24.6 Å². The highest BCUT2D eigenvalue weighted by atomic mass is 79.9. The number of hydrogen-bond donors (Lipinski definition) is 1. The first-order valence-electron chi connectivity index (χ1n) is 5.72. The van der Waals surface area contributed by atoms with Crippen molar-refractivity contribution in [3.05, 3.63) is 39.9 Å². The number of rotatable bonds is 6. The molecule has 1 rings (SSSR count). The minimum atomic E-state index is -0.547. The third kappa shape index (κ3) is 4.10. The maximum atomic E-state index is 11.8. The summed E-state index contributed by atoms with van der Waals surface area (Å²) < 4.78 is 0. The first kappa shape index (κ1) is 14.6. The number of halogens is 1. The second-order valence-corrected chi connectivity index (χ2v) is 5.12. The van der Waals surface area contributed by atoms with Gasteiger partial charge in [0.1, 0.15) is 5.56 Å². The van der Waals surface area contributed by atoms with Crippen LogP contribution in [0.5, 0.6) is 0 Å². The van der Waals surface area contributed by atoms with Crippen molar-refractivity contribution in [2.75, 3.05) is 6.54 Å². The normalized spacial score (nSPS) is 11.9. The number of hydrogen-bond acceptors (Lipinski definition) is 3. The fourth-order valence-electron chi connectivity index (χ4n) is 1.47. The average molecular weight is 315 g/mol. The van der Waals surface area contributed by atoms with Gasteiger partial charge in [-0.15, -0.1) is 0 Å². The number of benzene rings is 1. The van der Waals surface area contributed by atoms with Crippen molar-refractivity contribution in [1.29, 1.82) is 0 Å². The van der Waals surface area contributed by atoms with Gasteiger partial charge in [0.05, 0.1) is 4.92 Å². The molecule has 5 nitrogen and oxygen atoms in total. The molecule has 1 aromatic carbocycles. The molecule has 0 aromatic heterocycles. The molecule has 0 aliphatic rings. The van der Waals surface area contributed by atoms with Gasteiger partial charge in [0.25, 0.3) is 11.6 Å². The van der Waals surface area contributed by atoms with Crippen LogP contribution in [0.2, 0.25) is 0 Å². The average Bonchev–Trinajstić information content (AvgIpc) is 2.38. The molecule has 0 spiro atoms. The molecule has 1 N–H and O–H groups in total. The lowest BCUT2D eigenvalue weighted by atomic mass is 10.1. The van der Waals surface area contributed by atoms with Gasteiger partial charge in [-0.25, -0.2) is 0 Å². The van der Waals surface area contributed by atoms with Crippen LogP contribution in [0.4, 0.5) is 5.69 Å². The Labute approximate surface area is 114 Å². The number of carbonyl (C=O) groups is 1. The van der Waals surface area contributed by atoms with Crippen LogP contribution in [0.25, 0.3) is 0 Å². The Morgan fingerprint density at radius 2 is 2.17 bits per heavy atom. The lowest BCUT2D eigenvalue weighted by Crippen LogP contribution is -2.26. The van der Waals surface area contributed by atoms with E-state index in [1.165, 1.54) is 12.1 Å². The Balaban J connectivity index is 2.64. The van der Waals surface area contributed by atoms with Crippen LogP contribution in [0.3, 0.4) is 0 Å². The summed E-state index contributed by atoms with van der Waals surface area (Å²) >= 11 is 3.46. The van der Waals surface area contributed by atoms with Gasteiger partial charge in [0.2, 0.25) is 0 Å². The summed E-state index contributed by atoms with van der Waals surface area (Å²) in [4.78, 5) is 22.4. The molecule has 0 heterocycles. The van der Waals surface area contributed by atoms with Gasteiger partial charge >= 0.3 is 0 Å². The number of nitrogens with zero attached hydrogens (tertiary/aromatic N) is 1. The highest BCUT2D eigenvalue weighted by Crippen LogP contribution is 2.17. The van der Waals surface area contributed by atoms with E-state index in [2.05, 4.69) is 21.2 Å². The van der Waals surface area contributed by atoms with Gasteiger partial charge in [0.15, 0.2) is 0 Å². The van der Waals surface area contributed by atoms with Gasteiger partial charge < -0.3 is 5.32 Å². The number of amides is 1. The molecule has 1 aromatic rings. The summed E-state index contributed by atoms with van der Waals surface area (Å²) in [6, 6.07) is 5.94. The van der Waals surface area contributed by atoms with Crippen LogP contribution in [0.1, 0.15) is 30.1 Å². The second-order valence-electron chi connectivity index (χ2n) is 3.82. The van der Waals surface area contributed by atoms with Crippen LogP contribution < -0.4 is 5.32 Å². The number of alkyl halides is 1. The Kier molecular flexibility index (Phi) is 5.77. The Morgan fingerprint density at radius 3 is 2.78 bits per heavy atom. The summed E-state index contributed by atoms with van der Waals surface area (Å²) in [6.45, 7) is 2.54. The zero-order valence-electron chi connectivity index (χ0n) is 10.1. The minimum Gasteiger partial charge on any atom is -0.352 e. The van der Waals surface area contributed by atoms with Crippen molar-refractivity contribution < 1.29 is 9.72 Å². The molecule has 18 heavy (non-hydrogen) atoms. The lowest BCUT2D eigenvalue weighted by molar-refractivity contribution is -0.385. The van der Waals surface area contributed by atoms with Gasteiger partial charge in [0, 0.05) is 17.4 Å². The van der Waals surface area contributed by atoms with Crippen molar-refractivity contribution in [3.63, 3.8) is 0 Å². The number of carbonyl (C=O) groups excluding carboxylic acids is 1. The van der Waals surface area contributed by atoms with Crippen molar-refractivity contribution in [2.24, 2.45) is 0 Å². The Morgan fingerprint density at radius 1 is 1.50 bits per heavy atom. The molecule has 0 saturated heterocycles. The first-order valence-corrected chi connectivity index (χ1v) is 6.63. The summed E-state index contributed by atoms with van der Waals surface area (Å²) in [5, 5.41) is 13.5. The van der Waals surface area contributed by atoms with Gasteiger partial charge in [-0.3, -0.25) is 14.9 Å². The summed E-state index contributed by atoms with van der Waals surface area (Å²) in [6.07, 6.45) is 1.77. The standard InChI is InChI=1S/C12H15BrN2O3/c1-2-9(13)7-8-14-12(16)10-5-3-4-6-11(10)15(17)18/h3-6,9H,2,7-8H2,1H3,(H,14,16). The van der Waals surface area contributed by atoms with E-state index < -0.39 is 10.8 Å². The van der Waals surface area contributed by atoms with Crippen molar-refractivity contribution in [1.82, 2.24) is 5.32 Å². The molecule has 98 valence electrons. The SMILES string of the molecule is CCC(Br)CCNC(=O)c1ccccc1[N+](=O)[O-]. The van der Waals surface area contributed by atoms with Gasteiger partial charge in [-0.1, -0.05) is 35.0 Å². The fraction of sp³-hybridized carbons (Fsp3) is 0.417. The second kappa shape index (κ2) is 7.10. The summed E-state index contributed by atoms with van der Waals surface area (Å²) in [7, 11) is 0. The Bertz CT molecular complexity index is 437. The topological polar surface area (TPSA) is 72.2 Å². The molecule has 0 aliphatic heterocycles. The minimum absolute atomic E-state index is 0.102. The molecule has 0 bridgehead atoms. The number of nitrogens with one attached hydrogen (secondary N) is 1. The van der Waals surface area contributed by atoms with E-state index in [0.717, 1.165) is 12.8 Å². The molecule has 1 amide bonds. The quantitative estimate of drug-likeness (QED) is 0.498. The maximum Gasteiger partial charge on any atom is 0.282 e. The fourth-order valence-corrected chi connectivity index (χ4v) is 1.70. The monoisotopic (exact) mass is 314 g/mol. The van der Waals surface area contributed by atoms with E-state index in [0.29, 0.717) is 11.4 Å². The largest absolute Gasteiger partial charge is 0.352 e. The number of para-hydroxylation sites is 1. The van der Waals surface area contributed by atoms with Crippen molar-refractivity contribution in [3.8, 4) is 0 Å². The zero-order valence-corrected chi connectivity index (χ0v) is 11.6.